The van der Waals surface area contributed by atoms with Gasteiger partial charge in [0.2, 0.25) is 0 Å². The Hall–Kier alpha value is -3.93. The summed E-state index contributed by atoms with van der Waals surface area (Å²) in [5, 5.41) is 1.22. The van der Waals surface area contributed by atoms with Gasteiger partial charge in [-0.3, -0.25) is 9.79 Å². The van der Waals surface area contributed by atoms with Crippen molar-refractivity contribution in [3.63, 3.8) is 0 Å². The van der Waals surface area contributed by atoms with Gasteiger partial charge in [-0.05, 0) is 18.6 Å². The van der Waals surface area contributed by atoms with Crippen molar-refractivity contribution in [3.8, 4) is 0 Å². The van der Waals surface area contributed by atoms with E-state index < -0.39 is 12.2 Å². The van der Waals surface area contributed by atoms with Crippen LogP contribution in [-0.2, 0) is 9.53 Å². The second-order valence-corrected chi connectivity index (χ2v) is 6.85. The summed E-state index contributed by atoms with van der Waals surface area (Å²) < 4.78 is 5.47. The fraction of sp³-hybridized carbons (Fsp3) is 0.125. The standard InChI is InChI=1S/C24H21N3O3/c1-17(18-10-4-2-5-11-18)30-24(29)26-27-21-15-9-8-14-20(21)23(25-16-22(27)28)19-12-6-3-7-13-19/h2-15,17H,16H2,1H3,(H,26,29)/t17-/m1/s1. The van der Waals surface area contributed by atoms with Crippen LogP contribution in [0, 0.1) is 0 Å². The van der Waals surface area contributed by atoms with Crippen molar-refractivity contribution in [1.82, 2.24) is 5.43 Å². The van der Waals surface area contributed by atoms with Gasteiger partial charge in [0, 0.05) is 11.1 Å². The number of hydrogen-bond acceptors (Lipinski definition) is 4. The molecule has 0 saturated carbocycles. The molecule has 1 aliphatic heterocycles. The zero-order chi connectivity index (χ0) is 20.9. The summed E-state index contributed by atoms with van der Waals surface area (Å²) in [4.78, 5) is 29.9. The first-order chi connectivity index (χ1) is 14.6. The maximum absolute atomic E-state index is 12.8. The molecule has 6 heteroatoms. The van der Waals surface area contributed by atoms with E-state index in [1.54, 1.807) is 13.0 Å². The molecule has 6 nitrogen and oxygen atoms in total. The van der Waals surface area contributed by atoms with Crippen molar-refractivity contribution in [1.29, 1.82) is 0 Å². The molecule has 1 aliphatic rings. The van der Waals surface area contributed by atoms with Gasteiger partial charge in [-0.25, -0.2) is 15.2 Å². The van der Waals surface area contributed by atoms with Crippen LogP contribution in [0.15, 0.2) is 89.9 Å². The Bertz CT molecular complexity index is 1080. The van der Waals surface area contributed by atoms with Gasteiger partial charge < -0.3 is 4.74 Å². The average molecular weight is 399 g/mol. The van der Waals surface area contributed by atoms with E-state index in [1.807, 2.05) is 78.9 Å². The summed E-state index contributed by atoms with van der Waals surface area (Å²) in [7, 11) is 0. The Morgan fingerprint density at radius 3 is 2.33 bits per heavy atom. The van der Waals surface area contributed by atoms with Crippen LogP contribution in [0.1, 0.15) is 29.7 Å². The SMILES string of the molecule is C[C@@H](OC(=O)NN1C(=O)CN=C(c2ccccc2)c2ccccc21)c1ccccc1. The van der Waals surface area contributed by atoms with Crippen molar-refractivity contribution in [2.75, 3.05) is 11.6 Å². The van der Waals surface area contributed by atoms with E-state index in [1.165, 1.54) is 5.01 Å². The van der Waals surface area contributed by atoms with E-state index in [0.717, 1.165) is 16.7 Å². The van der Waals surface area contributed by atoms with Gasteiger partial charge >= 0.3 is 6.09 Å². The van der Waals surface area contributed by atoms with E-state index in [4.69, 9.17) is 4.74 Å². The molecule has 0 fully saturated rings. The number of fused-ring (bicyclic) bond motifs is 1. The molecule has 1 atom stereocenters. The molecule has 4 rings (SSSR count). The number of anilines is 1. The number of nitrogens with zero attached hydrogens (tertiary/aromatic N) is 2. The highest BCUT2D eigenvalue weighted by Gasteiger charge is 2.27. The van der Waals surface area contributed by atoms with Crippen LogP contribution in [0.5, 0.6) is 0 Å². The highest BCUT2D eigenvalue weighted by molar-refractivity contribution is 6.19. The Morgan fingerprint density at radius 1 is 0.967 bits per heavy atom. The summed E-state index contributed by atoms with van der Waals surface area (Å²) in [6.07, 6.45) is -1.17. The van der Waals surface area contributed by atoms with Gasteiger partial charge in [0.15, 0.2) is 0 Å². The van der Waals surface area contributed by atoms with E-state index in [-0.39, 0.29) is 12.5 Å². The lowest BCUT2D eigenvalue weighted by Crippen LogP contribution is -2.47. The van der Waals surface area contributed by atoms with E-state index in [9.17, 15) is 9.59 Å². The zero-order valence-electron chi connectivity index (χ0n) is 16.5. The van der Waals surface area contributed by atoms with Gasteiger partial charge in [0.05, 0.1) is 11.4 Å². The van der Waals surface area contributed by atoms with Crippen molar-refractivity contribution in [2.24, 2.45) is 4.99 Å². The quantitative estimate of drug-likeness (QED) is 0.712. The third-order valence-electron chi connectivity index (χ3n) is 4.83. The summed E-state index contributed by atoms with van der Waals surface area (Å²) >= 11 is 0. The molecule has 0 spiro atoms. The largest absolute Gasteiger partial charge is 0.440 e. The molecule has 0 aliphatic carbocycles. The predicted molar refractivity (Wildman–Crippen MR) is 115 cm³/mol. The van der Waals surface area contributed by atoms with Crippen LogP contribution in [0.3, 0.4) is 0 Å². The number of rotatable bonds is 4. The van der Waals surface area contributed by atoms with Crippen LogP contribution in [0.2, 0.25) is 0 Å². The molecule has 2 amide bonds. The van der Waals surface area contributed by atoms with E-state index >= 15 is 0 Å². The third-order valence-corrected chi connectivity index (χ3v) is 4.83. The summed E-state index contributed by atoms with van der Waals surface area (Å²) in [5.41, 5.74) is 6.36. The van der Waals surface area contributed by atoms with Gasteiger partial charge in [0.1, 0.15) is 12.6 Å². The average Bonchev–Trinajstić information content (AvgIpc) is 2.92. The van der Waals surface area contributed by atoms with Gasteiger partial charge in [0.25, 0.3) is 5.91 Å². The maximum Gasteiger partial charge on any atom is 0.427 e. The number of carbonyl (C=O) groups is 2. The molecule has 0 unspecified atom stereocenters. The van der Waals surface area contributed by atoms with Crippen molar-refractivity contribution in [3.05, 3.63) is 102 Å². The number of ether oxygens (including phenoxy) is 1. The minimum absolute atomic E-state index is 0.0899. The predicted octanol–water partition coefficient (Wildman–Crippen LogP) is 4.27. The maximum atomic E-state index is 12.8. The first-order valence-corrected chi connectivity index (χ1v) is 9.68. The smallest absolute Gasteiger partial charge is 0.427 e. The second kappa shape index (κ2) is 8.61. The number of nitrogens with one attached hydrogen (secondary N) is 1. The molecule has 0 saturated heterocycles. The molecule has 3 aromatic rings. The second-order valence-electron chi connectivity index (χ2n) is 6.85. The molecule has 3 aromatic carbocycles. The molecular formula is C24H21N3O3. The van der Waals surface area contributed by atoms with Crippen LogP contribution >= 0.6 is 0 Å². The highest BCUT2D eigenvalue weighted by atomic mass is 16.6. The van der Waals surface area contributed by atoms with E-state index in [2.05, 4.69) is 10.4 Å². The molecule has 30 heavy (non-hydrogen) atoms. The molecule has 0 radical (unpaired) electrons. The van der Waals surface area contributed by atoms with Crippen molar-refractivity contribution >= 4 is 23.4 Å². The minimum atomic E-state index is -0.710. The topological polar surface area (TPSA) is 71.0 Å². The molecule has 1 N–H and O–H groups in total. The summed E-state index contributed by atoms with van der Waals surface area (Å²) in [5.74, 6) is -0.349. The van der Waals surface area contributed by atoms with E-state index in [0.29, 0.717) is 11.4 Å². The Morgan fingerprint density at radius 2 is 1.60 bits per heavy atom. The molecule has 1 heterocycles. The lowest BCUT2D eigenvalue weighted by atomic mass is 10.0. The lowest BCUT2D eigenvalue weighted by molar-refractivity contribution is -0.117. The van der Waals surface area contributed by atoms with Crippen LogP contribution in [0.4, 0.5) is 10.5 Å². The minimum Gasteiger partial charge on any atom is -0.440 e. The molecule has 0 bridgehead atoms. The number of amides is 2. The number of aliphatic imine (C=N–C) groups is 1. The van der Waals surface area contributed by atoms with Gasteiger partial charge in [-0.1, -0.05) is 78.9 Å². The van der Waals surface area contributed by atoms with Gasteiger partial charge in [-0.15, -0.1) is 0 Å². The molecular weight excluding hydrogens is 378 g/mol. The summed E-state index contributed by atoms with van der Waals surface area (Å²) in [6.45, 7) is 1.69. The number of benzodiazepines with no additional fused rings is 1. The first-order valence-electron chi connectivity index (χ1n) is 9.68. The first kappa shape index (κ1) is 19.4. The number of benzene rings is 3. The fourth-order valence-electron chi connectivity index (χ4n) is 3.34. The fourth-order valence-corrected chi connectivity index (χ4v) is 3.34. The number of para-hydroxylation sites is 1. The van der Waals surface area contributed by atoms with Crippen molar-refractivity contribution in [2.45, 2.75) is 13.0 Å². The zero-order valence-corrected chi connectivity index (χ0v) is 16.5. The van der Waals surface area contributed by atoms with Crippen LogP contribution < -0.4 is 10.4 Å². The van der Waals surface area contributed by atoms with Gasteiger partial charge in [-0.2, -0.15) is 0 Å². The Kier molecular flexibility index (Phi) is 5.57. The monoisotopic (exact) mass is 399 g/mol. The van der Waals surface area contributed by atoms with Crippen LogP contribution in [0.25, 0.3) is 0 Å². The normalized spacial score (nSPS) is 14.2. The Balaban J connectivity index is 1.59. The number of hydrazine groups is 1. The number of hydrogen-bond donors (Lipinski definition) is 1. The number of carbonyl (C=O) groups excluding carboxylic acids is 2. The molecule has 0 aromatic heterocycles. The third kappa shape index (κ3) is 4.07. The van der Waals surface area contributed by atoms with Crippen molar-refractivity contribution < 1.29 is 14.3 Å². The molecule has 150 valence electrons. The lowest BCUT2D eigenvalue weighted by Gasteiger charge is -2.24. The summed E-state index contributed by atoms with van der Waals surface area (Å²) in [6, 6.07) is 26.4. The Labute approximate surface area is 174 Å². The van der Waals surface area contributed by atoms with Crippen LogP contribution in [-0.4, -0.2) is 24.3 Å². The highest BCUT2D eigenvalue weighted by Crippen LogP contribution is 2.26.